The van der Waals surface area contributed by atoms with Crippen LogP contribution in [0.2, 0.25) is 0 Å². The van der Waals surface area contributed by atoms with Gasteiger partial charge in [-0.1, -0.05) is 17.8 Å². The Balaban J connectivity index is 2.09. The van der Waals surface area contributed by atoms with E-state index in [1.54, 1.807) is 30.0 Å². The number of hydrogen-bond donors (Lipinski definition) is 1. The number of hydrogen-bond acceptors (Lipinski definition) is 5. The lowest BCUT2D eigenvalue weighted by molar-refractivity contribution is -0.384. The quantitative estimate of drug-likeness (QED) is 0.519. The van der Waals surface area contributed by atoms with E-state index in [0.29, 0.717) is 12.3 Å². The van der Waals surface area contributed by atoms with Crippen LogP contribution in [0.15, 0.2) is 47.0 Å². The molecule has 1 aliphatic rings. The summed E-state index contributed by atoms with van der Waals surface area (Å²) in [4.78, 5) is 14.4. The van der Waals surface area contributed by atoms with Gasteiger partial charge < -0.3 is 0 Å². The van der Waals surface area contributed by atoms with E-state index in [2.05, 4.69) is 22.1 Å². The first-order valence-corrected chi connectivity index (χ1v) is 6.55. The molecule has 0 bridgehead atoms. The van der Waals surface area contributed by atoms with Crippen molar-refractivity contribution in [2.24, 2.45) is 10.1 Å². The van der Waals surface area contributed by atoms with Gasteiger partial charge >= 0.3 is 0 Å². The predicted octanol–water partition coefficient (Wildman–Crippen LogP) is 2.18. The van der Waals surface area contributed by atoms with Crippen molar-refractivity contribution < 1.29 is 4.92 Å². The van der Waals surface area contributed by atoms with E-state index in [-0.39, 0.29) is 5.69 Å². The Kier molecular flexibility index (Phi) is 4.30. The maximum absolute atomic E-state index is 10.6. The van der Waals surface area contributed by atoms with E-state index in [0.717, 1.165) is 16.4 Å². The number of nitro groups is 1. The van der Waals surface area contributed by atoms with Crippen molar-refractivity contribution in [1.82, 2.24) is 5.43 Å². The molecule has 0 saturated heterocycles. The second kappa shape index (κ2) is 6.14. The summed E-state index contributed by atoms with van der Waals surface area (Å²) in [5.74, 6) is 0.681. The molecule has 1 aromatic carbocycles. The zero-order valence-corrected chi connectivity index (χ0v) is 10.9. The molecule has 1 aromatic rings. The minimum absolute atomic E-state index is 0.0778. The molecule has 0 aromatic heterocycles. The van der Waals surface area contributed by atoms with Gasteiger partial charge in [0.2, 0.25) is 0 Å². The number of nitrogens with zero attached hydrogens (tertiary/aromatic N) is 3. The highest BCUT2D eigenvalue weighted by atomic mass is 32.2. The fourth-order valence-electron chi connectivity index (χ4n) is 1.47. The van der Waals surface area contributed by atoms with Crippen LogP contribution in [-0.4, -0.2) is 28.1 Å². The van der Waals surface area contributed by atoms with E-state index in [1.165, 1.54) is 12.1 Å². The second-order valence-electron chi connectivity index (χ2n) is 3.70. The van der Waals surface area contributed by atoms with Crippen LogP contribution >= 0.6 is 11.8 Å². The van der Waals surface area contributed by atoms with Gasteiger partial charge in [-0.2, -0.15) is 5.10 Å². The van der Waals surface area contributed by atoms with E-state index in [1.807, 2.05) is 0 Å². The molecular formula is C12H12N4O2S. The topological polar surface area (TPSA) is 79.9 Å². The van der Waals surface area contributed by atoms with Crippen molar-refractivity contribution in [3.63, 3.8) is 0 Å². The Morgan fingerprint density at radius 3 is 2.79 bits per heavy atom. The molecule has 7 heteroatoms. The highest BCUT2D eigenvalue weighted by molar-refractivity contribution is 8.14. The summed E-state index contributed by atoms with van der Waals surface area (Å²) >= 11 is 1.54. The summed E-state index contributed by atoms with van der Waals surface area (Å²) in [6, 6.07) is 6.35. The molecule has 0 aliphatic carbocycles. The molecule has 6 nitrogen and oxygen atoms in total. The number of rotatable bonds is 4. The standard InChI is InChI=1S/C12H12N4O2S/c1-2-7-13-12-15-14-11(8-19-12)9-3-5-10(6-4-9)16(17)18/h2-6H,1,7-8H2,(H,13,15). The highest BCUT2D eigenvalue weighted by Crippen LogP contribution is 2.17. The molecule has 98 valence electrons. The molecule has 1 aliphatic heterocycles. The fourth-order valence-corrected chi connectivity index (χ4v) is 2.25. The molecule has 0 saturated carbocycles. The monoisotopic (exact) mass is 276 g/mol. The molecule has 0 spiro atoms. The van der Waals surface area contributed by atoms with Gasteiger partial charge in [-0.25, -0.2) is 0 Å². The van der Waals surface area contributed by atoms with Crippen molar-refractivity contribution in [2.75, 3.05) is 12.3 Å². The molecule has 0 fully saturated rings. The average Bonchev–Trinajstić information content (AvgIpc) is 2.46. The van der Waals surface area contributed by atoms with Gasteiger partial charge in [-0.05, 0) is 17.7 Å². The molecule has 0 radical (unpaired) electrons. The van der Waals surface area contributed by atoms with Gasteiger partial charge in [0.05, 0.1) is 17.2 Å². The zero-order valence-electron chi connectivity index (χ0n) is 10.1. The maximum Gasteiger partial charge on any atom is 0.269 e. The lowest BCUT2D eigenvalue weighted by Crippen LogP contribution is -2.25. The number of nitrogens with one attached hydrogen (secondary N) is 1. The van der Waals surface area contributed by atoms with Crippen LogP contribution in [0.3, 0.4) is 0 Å². The zero-order chi connectivity index (χ0) is 13.7. The predicted molar refractivity (Wildman–Crippen MR) is 77.7 cm³/mol. The van der Waals surface area contributed by atoms with Gasteiger partial charge in [0.25, 0.3) is 5.69 Å². The minimum atomic E-state index is -0.417. The molecule has 19 heavy (non-hydrogen) atoms. The summed E-state index contributed by atoms with van der Waals surface area (Å²) < 4.78 is 0. The number of aliphatic imine (C=N–C) groups is 1. The van der Waals surface area contributed by atoms with E-state index >= 15 is 0 Å². The van der Waals surface area contributed by atoms with Gasteiger partial charge in [-0.15, -0.1) is 6.58 Å². The molecule has 1 N–H and O–H groups in total. The minimum Gasteiger partial charge on any atom is -0.258 e. The number of amidine groups is 1. The Morgan fingerprint density at radius 2 is 2.26 bits per heavy atom. The highest BCUT2D eigenvalue weighted by Gasteiger charge is 2.13. The van der Waals surface area contributed by atoms with E-state index in [9.17, 15) is 10.1 Å². The smallest absolute Gasteiger partial charge is 0.258 e. The molecule has 2 rings (SSSR count). The maximum atomic E-state index is 10.6. The Bertz CT molecular complexity index is 551. The Labute approximate surface area is 114 Å². The van der Waals surface area contributed by atoms with Gasteiger partial charge in [0.15, 0.2) is 5.17 Å². The van der Waals surface area contributed by atoms with Crippen LogP contribution in [0.4, 0.5) is 5.69 Å². The van der Waals surface area contributed by atoms with E-state index in [4.69, 9.17) is 0 Å². The lowest BCUT2D eigenvalue weighted by atomic mass is 10.1. The van der Waals surface area contributed by atoms with Crippen LogP contribution in [0.25, 0.3) is 0 Å². The van der Waals surface area contributed by atoms with Crippen LogP contribution < -0.4 is 5.43 Å². The first-order valence-electron chi connectivity index (χ1n) is 5.56. The Hall–Kier alpha value is -2.15. The van der Waals surface area contributed by atoms with Crippen LogP contribution in [0.1, 0.15) is 5.56 Å². The number of hydrazone groups is 1. The number of benzene rings is 1. The van der Waals surface area contributed by atoms with Gasteiger partial charge in [0, 0.05) is 17.9 Å². The lowest BCUT2D eigenvalue weighted by Gasteiger charge is -2.14. The van der Waals surface area contributed by atoms with Crippen LogP contribution in [0.5, 0.6) is 0 Å². The summed E-state index contributed by atoms with van der Waals surface area (Å²) in [6.07, 6.45) is 1.71. The van der Waals surface area contributed by atoms with Crippen molar-refractivity contribution in [1.29, 1.82) is 0 Å². The summed E-state index contributed by atoms with van der Waals surface area (Å²) in [5, 5.41) is 15.5. The first-order chi connectivity index (χ1) is 9.20. The van der Waals surface area contributed by atoms with Crippen molar-refractivity contribution >= 4 is 28.3 Å². The van der Waals surface area contributed by atoms with Crippen molar-refractivity contribution in [2.45, 2.75) is 0 Å². The molecule has 0 atom stereocenters. The molecule has 0 amide bonds. The van der Waals surface area contributed by atoms with E-state index < -0.39 is 4.92 Å². The fraction of sp³-hybridized carbons (Fsp3) is 0.167. The molecule has 1 heterocycles. The number of thioether (sulfide) groups is 1. The van der Waals surface area contributed by atoms with Crippen LogP contribution in [0, 0.1) is 10.1 Å². The third-order valence-electron chi connectivity index (χ3n) is 2.41. The van der Waals surface area contributed by atoms with Crippen molar-refractivity contribution in [3.05, 3.63) is 52.6 Å². The number of nitro benzene ring substituents is 1. The third-order valence-corrected chi connectivity index (χ3v) is 3.32. The molecular weight excluding hydrogens is 264 g/mol. The van der Waals surface area contributed by atoms with Crippen molar-refractivity contribution in [3.8, 4) is 0 Å². The largest absolute Gasteiger partial charge is 0.269 e. The van der Waals surface area contributed by atoms with Gasteiger partial charge in [0.1, 0.15) is 0 Å². The van der Waals surface area contributed by atoms with Gasteiger partial charge in [-0.3, -0.25) is 20.5 Å². The summed E-state index contributed by atoms with van der Waals surface area (Å²) in [5.41, 5.74) is 4.65. The van der Waals surface area contributed by atoms with Crippen LogP contribution in [-0.2, 0) is 0 Å². The average molecular weight is 276 g/mol. The Morgan fingerprint density at radius 1 is 1.53 bits per heavy atom. The third kappa shape index (κ3) is 3.41. The molecule has 0 unspecified atom stereocenters. The number of non-ortho nitro benzene ring substituents is 1. The first kappa shape index (κ1) is 13.3. The normalized spacial score (nSPS) is 16.6. The summed E-state index contributed by atoms with van der Waals surface area (Å²) in [6.45, 7) is 4.15. The second-order valence-corrected chi connectivity index (χ2v) is 4.66. The SMILES string of the molecule is C=CCN=C1NN=C(c2ccc([N+](=O)[O-])cc2)CS1. The summed E-state index contributed by atoms with van der Waals surface area (Å²) in [7, 11) is 0.